The van der Waals surface area contributed by atoms with E-state index in [9.17, 15) is 0 Å². The van der Waals surface area contributed by atoms with Crippen molar-refractivity contribution in [3.05, 3.63) is 104 Å². The maximum Gasteiger partial charge on any atom is -0.0000907 e. The molecule has 12 aromatic rings. The summed E-state index contributed by atoms with van der Waals surface area (Å²) in [4.78, 5) is 0. The molecular weight excluding hydrogens is 577 g/mol. The van der Waals surface area contributed by atoms with E-state index in [1.54, 1.807) is 0 Å². The fourth-order valence-electron chi connectivity index (χ4n) is 10.3. The normalized spacial score (nSPS) is 13.2. The molecule has 0 heteroatoms. The Balaban J connectivity index is 1.63. The van der Waals surface area contributed by atoms with E-state index in [0.29, 0.717) is 0 Å². The second kappa shape index (κ2) is 7.33. The third-order valence-electron chi connectivity index (χ3n) is 12.1. The molecule has 48 heavy (non-hydrogen) atoms. The van der Waals surface area contributed by atoms with Crippen molar-refractivity contribution in [3.8, 4) is 0 Å². The lowest BCUT2D eigenvalue weighted by atomic mass is 9.74. The quantitative estimate of drug-likeness (QED) is 0.137. The smallest absolute Gasteiger partial charge is 0.0000907 e. The van der Waals surface area contributed by atoms with Crippen molar-refractivity contribution in [1.82, 2.24) is 0 Å². The van der Waals surface area contributed by atoms with E-state index in [1.165, 1.54) is 97.0 Å². The van der Waals surface area contributed by atoms with Gasteiger partial charge in [0.1, 0.15) is 0 Å². The van der Waals surface area contributed by atoms with Crippen molar-refractivity contribution in [2.75, 3.05) is 0 Å². The highest BCUT2D eigenvalue weighted by atomic mass is 14.3. The zero-order chi connectivity index (χ0) is 32.4. The van der Waals surface area contributed by atoms with E-state index in [2.05, 4.69) is 101 Å². The summed E-state index contributed by atoms with van der Waals surface area (Å²) in [5, 5.41) is 33.2. The van der Waals surface area contributed by atoms with Gasteiger partial charge in [-0.05, 0) is 209 Å². The maximum absolute atomic E-state index is 4.65. The molecule has 0 nitrogen and oxygen atoms in total. The van der Waals surface area contributed by atoms with Gasteiger partial charge in [-0.15, -0.1) is 0 Å². The Labute approximate surface area is 273 Å². The summed E-state index contributed by atoms with van der Waals surface area (Å²) >= 11 is 0. The van der Waals surface area contributed by atoms with E-state index in [0.717, 1.165) is 64.0 Å². The summed E-state index contributed by atoms with van der Waals surface area (Å²) in [7, 11) is 0. The molecule has 0 bridgehead atoms. The highest BCUT2D eigenvalue weighted by Crippen LogP contribution is 2.56. The first-order valence-electron chi connectivity index (χ1n) is 16.4. The van der Waals surface area contributed by atoms with E-state index in [1.807, 2.05) is 12.2 Å². The molecule has 12 rings (SSSR count). The Kier molecular flexibility index (Phi) is 3.81. The number of fused-ring (bicyclic) bond motifs is 1. The molecule has 0 aliphatic rings. The minimum Gasteiger partial charge on any atom is -0.0984 e. The summed E-state index contributed by atoms with van der Waals surface area (Å²) in [5.41, 5.74) is 2.18. The Morgan fingerprint density at radius 2 is 0.542 bits per heavy atom. The molecule has 0 heterocycles. The summed E-state index contributed by atoms with van der Waals surface area (Å²) in [5.74, 6) is 0. The highest BCUT2D eigenvalue weighted by Gasteiger charge is 2.30. The minimum atomic E-state index is 0.942. The molecular formula is C48H26. The van der Waals surface area contributed by atoms with Gasteiger partial charge in [0.05, 0.1) is 0 Å². The monoisotopic (exact) mass is 602 g/mol. The summed E-state index contributed by atoms with van der Waals surface area (Å²) in [6.45, 7) is 36.1. The Morgan fingerprint density at radius 3 is 0.875 bits per heavy atom. The van der Waals surface area contributed by atoms with Crippen LogP contribution in [-0.4, -0.2) is 0 Å². The molecule has 0 aliphatic heterocycles. The second-order valence-corrected chi connectivity index (χ2v) is 14.2. The lowest BCUT2D eigenvalue weighted by Gasteiger charge is -2.28. The first kappa shape index (κ1) is 24.9. The third-order valence-corrected chi connectivity index (χ3v) is 12.1. The Hall–Kier alpha value is -6.24. The van der Waals surface area contributed by atoms with Crippen molar-refractivity contribution >= 4 is 170 Å². The first-order valence-corrected chi connectivity index (χ1v) is 16.4. The van der Waals surface area contributed by atoms with Crippen molar-refractivity contribution in [1.29, 1.82) is 0 Å². The summed E-state index contributed by atoms with van der Waals surface area (Å²) < 4.78 is 0. The van der Waals surface area contributed by atoms with Gasteiger partial charge in [0.15, 0.2) is 0 Å². The lowest BCUT2D eigenvalue weighted by molar-refractivity contribution is 1.63. The van der Waals surface area contributed by atoms with Gasteiger partial charge in [0.2, 0.25) is 0 Å². The molecule has 0 fully saturated rings. The van der Waals surface area contributed by atoms with Crippen LogP contribution in [0.2, 0.25) is 0 Å². The van der Waals surface area contributed by atoms with Crippen LogP contribution in [0.4, 0.5) is 0 Å². The van der Waals surface area contributed by atoms with Crippen molar-refractivity contribution in [2.45, 2.75) is 0 Å². The molecule has 0 aliphatic carbocycles. The van der Waals surface area contributed by atoms with Crippen molar-refractivity contribution in [3.63, 3.8) is 0 Å². The van der Waals surface area contributed by atoms with Crippen LogP contribution in [0.5, 0.6) is 0 Å². The maximum atomic E-state index is 4.65. The predicted octanol–water partition coefficient (Wildman–Crippen LogP) is 8.75. The molecule has 0 unspecified atom stereocenters. The largest absolute Gasteiger partial charge is 0.0984 e. The van der Waals surface area contributed by atoms with Crippen LogP contribution < -0.4 is 31.3 Å². The molecule has 0 atom stereocenters. The average Bonchev–Trinajstić information content (AvgIpc) is 3.08. The number of rotatable bonds is 2. The molecule has 0 saturated carbocycles. The van der Waals surface area contributed by atoms with E-state index in [4.69, 9.17) is 0 Å². The molecule has 0 N–H and O–H groups in total. The molecule has 218 valence electrons. The van der Waals surface area contributed by atoms with E-state index >= 15 is 0 Å². The topological polar surface area (TPSA) is 0 Å². The first-order chi connectivity index (χ1) is 23.2. The van der Waals surface area contributed by atoms with Gasteiger partial charge in [-0.25, -0.2) is 0 Å². The number of hydrogen-bond acceptors (Lipinski definition) is 0. The average molecular weight is 603 g/mol. The van der Waals surface area contributed by atoms with Gasteiger partial charge in [-0.1, -0.05) is 64.8 Å². The van der Waals surface area contributed by atoms with Crippen LogP contribution in [-0.2, 0) is 0 Å². The van der Waals surface area contributed by atoms with Crippen LogP contribution >= 0.6 is 0 Å². The molecule has 0 aromatic heterocycles. The summed E-state index contributed by atoms with van der Waals surface area (Å²) in [6.07, 6.45) is 3.96. The predicted molar refractivity (Wildman–Crippen MR) is 217 cm³/mol. The van der Waals surface area contributed by atoms with Gasteiger partial charge in [0, 0.05) is 0 Å². The molecule has 0 spiro atoms. The van der Waals surface area contributed by atoms with Crippen LogP contribution in [0.25, 0.3) is 170 Å². The minimum absolute atomic E-state index is 0.942. The SMILES string of the molecule is C=Cc1cc2cc3cc4cc(=C)c(=C)c5c6c(=C)c(=C)cc7cc8cc9cc(C=C)c%10c(=C)c(=C)c1c1c2c2c3c(c45)c(c76)c8c2c9c%101. The fourth-order valence-corrected chi connectivity index (χ4v) is 10.3. The van der Waals surface area contributed by atoms with Crippen LogP contribution in [0.1, 0.15) is 11.1 Å². The van der Waals surface area contributed by atoms with E-state index < -0.39 is 0 Å². The van der Waals surface area contributed by atoms with Gasteiger partial charge in [0.25, 0.3) is 0 Å². The summed E-state index contributed by atoms with van der Waals surface area (Å²) in [6, 6.07) is 18.6. The number of benzene rings is 12. The van der Waals surface area contributed by atoms with Gasteiger partial charge in [-0.3, -0.25) is 0 Å². The van der Waals surface area contributed by atoms with E-state index in [-0.39, 0.29) is 0 Å². The van der Waals surface area contributed by atoms with Crippen molar-refractivity contribution < 1.29 is 0 Å². The third kappa shape index (κ3) is 2.28. The zero-order valence-electron chi connectivity index (χ0n) is 26.4. The molecule has 0 saturated heterocycles. The fraction of sp³-hybridized carbons (Fsp3) is 0. The zero-order valence-corrected chi connectivity index (χ0v) is 26.4. The molecule has 0 amide bonds. The Bertz CT molecular complexity index is 3600. The van der Waals surface area contributed by atoms with Gasteiger partial charge in [-0.2, -0.15) is 0 Å². The highest BCUT2D eigenvalue weighted by molar-refractivity contribution is 6.57. The Morgan fingerprint density at radius 1 is 0.271 bits per heavy atom. The van der Waals surface area contributed by atoms with Crippen LogP contribution in [0.3, 0.4) is 0 Å². The van der Waals surface area contributed by atoms with Gasteiger partial charge >= 0.3 is 0 Å². The van der Waals surface area contributed by atoms with Crippen LogP contribution in [0.15, 0.2) is 61.7 Å². The standard InChI is InChI=1S/C48H26/c1-9-25-13-29-17-31-15-27-11-19(3)21(5)35-36-22(6)20(4)12-28-16-32-18-30-14-26(10-2)34-24(8)23(7)33(25)43-39(29)47-41(31)45(37(27)35)46(38(28)36)42(32)48(47)40(30)44(34)43/h9-18H,1-8H2. The van der Waals surface area contributed by atoms with Gasteiger partial charge < -0.3 is 0 Å². The van der Waals surface area contributed by atoms with Crippen LogP contribution in [0, 0.1) is 0 Å². The second-order valence-electron chi connectivity index (χ2n) is 14.2. The molecule has 0 radical (unpaired) electrons. The lowest BCUT2D eigenvalue weighted by Crippen LogP contribution is -2.27. The number of hydrogen-bond donors (Lipinski definition) is 0. The van der Waals surface area contributed by atoms with Crippen molar-refractivity contribution in [2.24, 2.45) is 0 Å². The molecule has 12 aromatic carbocycles.